The van der Waals surface area contributed by atoms with Gasteiger partial charge in [0.25, 0.3) is 0 Å². The number of nitrogens with one attached hydrogen (secondary N) is 2. The Morgan fingerprint density at radius 1 is 1.56 bits per heavy atom. The van der Waals surface area contributed by atoms with Crippen molar-refractivity contribution in [1.29, 1.82) is 0 Å². The largest absolute Gasteiger partial charge is 0.505 e. The van der Waals surface area contributed by atoms with E-state index in [1.54, 1.807) is 6.07 Å². The fourth-order valence-electron chi connectivity index (χ4n) is 1.67. The molecule has 1 aliphatic rings. The number of rotatable bonds is 3. The molecule has 1 aromatic rings. The molecule has 1 atom stereocenters. The van der Waals surface area contributed by atoms with Gasteiger partial charge in [-0.2, -0.15) is 0 Å². The first-order valence-electron chi connectivity index (χ1n) is 5.12. The normalized spacial score (nSPS) is 19.8. The van der Waals surface area contributed by atoms with E-state index in [0.29, 0.717) is 19.5 Å². The molecule has 0 saturated carbocycles. The van der Waals surface area contributed by atoms with Gasteiger partial charge in [0.05, 0.1) is 0 Å². The van der Waals surface area contributed by atoms with Crippen molar-refractivity contribution in [1.82, 2.24) is 10.6 Å². The molecule has 1 aliphatic heterocycles. The zero-order valence-corrected chi connectivity index (χ0v) is 8.66. The predicted molar refractivity (Wildman–Crippen MR) is 56.3 cm³/mol. The summed E-state index contributed by atoms with van der Waals surface area (Å²) >= 11 is 0. The van der Waals surface area contributed by atoms with Crippen molar-refractivity contribution < 1.29 is 14.3 Å². The molecule has 1 amide bonds. The highest BCUT2D eigenvalue weighted by molar-refractivity contribution is 5.78. The Hall–Kier alpha value is -1.62. The van der Waals surface area contributed by atoms with E-state index in [4.69, 9.17) is 5.11 Å². The van der Waals surface area contributed by atoms with E-state index in [1.165, 1.54) is 12.1 Å². The lowest BCUT2D eigenvalue weighted by Crippen LogP contribution is -2.30. The summed E-state index contributed by atoms with van der Waals surface area (Å²) in [6, 6.07) is 4.36. The fraction of sp³-hybridized carbons (Fsp3) is 0.364. The molecule has 2 rings (SSSR count). The average molecular weight is 224 g/mol. The first-order valence-corrected chi connectivity index (χ1v) is 5.12. The SMILES string of the molecule is O=C1CC(NCc2ccc(O)c(F)c2)CN1. The summed E-state index contributed by atoms with van der Waals surface area (Å²) in [5.41, 5.74) is 0.745. The third-order valence-corrected chi connectivity index (χ3v) is 2.58. The van der Waals surface area contributed by atoms with E-state index in [2.05, 4.69) is 10.6 Å². The van der Waals surface area contributed by atoms with Gasteiger partial charge in [0.15, 0.2) is 11.6 Å². The molecule has 86 valence electrons. The molecule has 1 unspecified atom stereocenters. The molecule has 1 saturated heterocycles. The van der Waals surface area contributed by atoms with Gasteiger partial charge >= 0.3 is 0 Å². The van der Waals surface area contributed by atoms with Gasteiger partial charge in [-0.3, -0.25) is 4.79 Å². The number of carbonyl (C=O) groups excluding carboxylic acids is 1. The van der Waals surface area contributed by atoms with Crippen molar-refractivity contribution in [2.75, 3.05) is 6.54 Å². The lowest BCUT2D eigenvalue weighted by atomic mass is 10.2. The molecule has 0 radical (unpaired) electrons. The monoisotopic (exact) mass is 224 g/mol. The van der Waals surface area contributed by atoms with Gasteiger partial charge in [-0.15, -0.1) is 0 Å². The van der Waals surface area contributed by atoms with Gasteiger partial charge < -0.3 is 15.7 Å². The van der Waals surface area contributed by atoms with Crippen molar-refractivity contribution in [3.63, 3.8) is 0 Å². The number of benzene rings is 1. The van der Waals surface area contributed by atoms with Crippen LogP contribution in [0.2, 0.25) is 0 Å². The van der Waals surface area contributed by atoms with Crippen LogP contribution >= 0.6 is 0 Å². The van der Waals surface area contributed by atoms with Crippen molar-refractivity contribution >= 4 is 5.91 Å². The van der Waals surface area contributed by atoms with Gasteiger partial charge in [-0.25, -0.2) is 4.39 Å². The minimum absolute atomic E-state index is 0.0365. The molecule has 16 heavy (non-hydrogen) atoms. The summed E-state index contributed by atoms with van der Waals surface area (Å²) in [5, 5.41) is 14.9. The van der Waals surface area contributed by atoms with Crippen LogP contribution in [0.3, 0.4) is 0 Å². The predicted octanol–water partition coefficient (Wildman–Crippen LogP) is 0.509. The number of phenols is 1. The summed E-state index contributed by atoms with van der Waals surface area (Å²) in [4.78, 5) is 10.9. The van der Waals surface area contributed by atoms with Crippen molar-refractivity contribution in [2.45, 2.75) is 19.0 Å². The molecule has 0 aromatic heterocycles. The number of amides is 1. The van der Waals surface area contributed by atoms with Crippen molar-refractivity contribution in [3.05, 3.63) is 29.6 Å². The Bertz CT molecular complexity index is 409. The van der Waals surface area contributed by atoms with E-state index < -0.39 is 5.82 Å². The third-order valence-electron chi connectivity index (χ3n) is 2.58. The number of phenolic OH excluding ortho intramolecular Hbond substituents is 1. The Morgan fingerprint density at radius 2 is 2.38 bits per heavy atom. The number of hydrogen-bond acceptors (Lipinski definition) is 3. The highest BCUT2D eigenvalue weighted by Gasteiger charge is 2.20. The maximum Gasteiger partial charge on any atom is 0.221 e. The molecule has 3 N–H and O–H groups in total. The number of aromatic hydroxyl groups is 1. The molecule has 0 spiro atoms. The van der Waals surface area contributed by atoms with Crippen LogP contribution < -0.4 is 10.6 Å². The van der Waals surface area contributed by atoms with Crippen LogP contribution in [0.15, 0.2) is 18.2 Å². The second-order valence-corrected chi connectivity index (χ2v) is 3.87. The molecule has 1 heterocycles. The molecule has 1 aromatic carbocycles. The summed E-state index contributed by atoms with van der Waals surface area (Å²) < 4.78 is 13.0. The van der Waals surface area contributed by atoms with Crippen LogP contribution in [0, 0.1) is 5.82 Å². The van der Waals surface area contributed by atoms with E-state index in [9.17, 15) is 9.18 Å². The Labute approximate surface area is 92.5 Å². The van der Waals surface area contributed by atoms with Gasteiger partial charge in [0.1, 0.15) is 0 Å². The standard InChI is InChI=1S/C11H13FN2O2/c12-9-3-7(1-2-10(9)15)5-13-8-4-11(16)14-6-8/h1-3,8,13,15H,4-6H2,(H,14,16). The minimum Gasteiger partial charge on any atom is -0.505 e. The second kappa shape index (κ2) is 4.49. The number of halogens is 1. The summed E-state index contributed by atoms with van der Waals surface area (Å²) in [7, 11) is 0. The van der Waals surface area contributed by atoms with Crippen LogP contribution in [0.1, 0.15) is 12.0 Å². The lowest BCUT2D eigenvalue weighted by Gasteiger charge is -2.10. The highest BCUT2D eigenvalue weighted by atomic mass is 19.1. The third kappa shape index (κ3) is 2.49. The zero-order valence-electron chi connectivity index (χ0n) is 8.66. The molecule has 5 heteroatoms. The zero-order chi connectivity index (χ0) is 11.5. The van der Waals surface area contributed by atoms with Gasteiger partial charge in [0, 0.05) is 25.6 Å². The van der Waals surface area contributed by atoms with Gasteiger partial charge in [-0.05, 0) is 17.7 Å². The summed E-state index contributed by atoms with van der Waals surface area (Å²) in [6.07, 6.45) is 0.459. The molecule has 0 bridgehead atoms. The maximum absolute atomic E-state index is 13.0. The first kappa shape index (κ1) is 10.9. The quantitative estimate of drug-likeness (QED) is 0.701. The van der Waals surface area contributed by atoms with Crippen molar-refractivity contribution in [2.24, 2.45) is 0 Å². The summed E-state index contributed by atoms with van der Waals surface area (Å²) in [6.45, 7) is 1.09. The maximum atomic E-state index is 13.0. The van der Waals surface area contributed by atoms with Gasteiger partial charge in [0.2, 0.25) is 5.91 Å². The van der Waals surface area contributed by atoms with E-state index in [1.807, 2.05) is 0 Å². The lowest BCUT2D eigenvalue weighted by molar-refractivity contribution is -0.119. The van der Waals surface area contributed by atoms with Crippen LogP contribution in [0.25, 0.3) is 0 Å². The molecule has 0 aliphatic carbocycles. The Kier molecular flexibility index (Phi) is 3.05. The molecule has 1 fully saturated rings. The van der Waals surface area contributed by atoms with Gasteiger partial charge in [-0.1, -0.05) is 6.07 Å². The van der Waals surface area contributed by atoms with E-state index in [0.717, 1.165) is 5.56 Å². The first-order chi connectivity index (χ1) is 7.65. The van der Waals surface area contributed by atoms with Crippen LogP contribution in [-0.2, 0) is 11.3 Å². The summed E-state index contributed by atoms with van der Waals surface area (Å²) in [5.74, 6) is -0.934. The smallest absolute Gasteiger partial charge is 0.221 e. The number of hydrogen-bond donors (Lipinski definition) is 3. The van der Waals surface area contributed by atoms with Crippen LogP contribution in [-0.4, -0.2) is 23.6 Å². The molecule has 4 nitrogen and oxygen atoms in total. The Morgan fingerprint density at radius 3 is 3.00 bits per heavy atom. The highest BCUT2D eigenvalue weighted by Crippen LogP contribution is 2.16. The van der Waals surface area contributed by atoms with E-state index >= 15 is 0 Å². The van der Waals surface area contributed by atoms with Crippen LogP contribution in [0.4, 0.5) is 4.39 Å². The topological polar surface area (TPSA) is 61.4 Å². The van der Waals surface area contributed by atoms with Crippen LogP contribution in [0.5, 0.6) is 5.75 Å². The average Bonchev–Trinajstić information content (AvgIpc) is 2.66. The Balaban J connectivity index is 1.89. The molecular weight excluding hydrogens is 211 g/mol. The molecular formula is C11H13FN2O2. The number of carbonyl (C=O) groups is 1. The minimum atomic E-state index is -0.625. The second-order valence-electron chi connectivity index (χ2n) is 3.87. The van der Waals surface area contributed by atoms with E-state index in [-0.39, 0.29) is 17.7 Å². The fourth-order valence-corrected chi connectivity index (χ4v) is 1.67. The van der Waals surface area contributed by atoms with Crippen molar-refractivity contribution in [3.8, 4) is 5.75 Å².